The maximum atomic E-state index is 12.2. The Kier molecular flexibility index (Phi) is 2.74. The fraction of sp³-hybridized carbons (Fsp3) is 0.778. The molecule has 1 aliphatic rings. The lowest BCUT2D eigenvalue weighted by molar-refractivity contribution is 0.140. The quantitative estimate of drug-likeness (QED) is 0.799. The molecule has 0 bridgehead atoms. The van der Waals surface area contributed by atoms with Crippen LogP contribution >= 0.6 is 0 Å². The SMILES string of the molecule is FC(F)c1n[nH]c(C2CCCCC2)n1. The van der Waals surface area contributed by atoms with E-state index in [2.05, 4.69) is 15.2 Å². The van der Waals surface area contributed by atoms with Crippen molar-refractivity contribution in [2.75, 3.05) is 0 Å². The average molecular weight is 201 g/mol. The molecule has 0 spiro atoms. The molecule has 1 aromatic rings. The third-order valence-electron chi connectivity index (χ3n) is 2.71. The summed E-state index contributed by atoms with van der Waals surface area (Å²) in [5, 5.41) is 6.12. The van der Waals surface area contributed by atoms with E-state index in [-0.39, 0.29) is 5.82 Å². The number of hydrogen-bond acceptors (Lipinski definition) is 2. The molecule has 0 amide bonds. The van der Waals surface area contributed by atoms with Gasteiger partial charge in [0.1, 0.15) is 5.82 Å². The first-order chi connectivity index (χ1) is 6.77. The number of nitrogens with zero attached hydrogens (tertiary/aromatic N) is 2. The van der Waals surface area contributed by atoms with Crippen LogP contribution in [-0.4, -0.2) is 15.2 Å². The average Bonchev–Trinajstić information content (AvgIpc) is 2.68. The van der Waals surface area contributed by atoms with Crippen LogP contribution in [0.1, 0.15) is 56.1 Å². The molecular weight excluding hydrogens is 188 g/mol. The molecule has 1 aromatic heterocycles. The topological polar surface area (TPSA) is 41.6 Å². The number of rotatable bonds is 2. The van der Waals surface area contributed by atoms with E-state index in [0.717, 1.165) is 25.7 Å². The van der Waals surface area contributed by atoms with Crippen molar-refractivity contribution in [1.82, 2.24) is 15.2 Å². The largest absolute Gasteiger partial charge is 0.299 e. The van der Waals surface area contributed by atoms with Gasteiger partial charge in [0.2, 0.25) is 5.82 Å². The lowest BCUT2D eigenvalue weighted by Gasteiger charge is -2.18. The summed E-state index contributed by atoms with van der Waals surface area (Å²) >= 11 is 0. The Balaban J connectivity index is 2.07. The van der Waals surface area contributed by atoms with E-state index in [4.69, 9.17) is 0 Å². The molecule has 0 aliphatic heterocycles. The van der Waals surface area contributed by atoms with Gasteiger partial charge in [-0.05, 0) is 12.8 Å². The zero-order valence-corrected chi connectivity index (χ0v) is 7.84. The minimum Gasteiger partial charge on any atom is -0.263 e. The molecule has 1 saturated carbocycles. The van der Waals surface area contributed by atoms with Gasteiger partial charge < -0.3 is 0 Å². The van der Waals surface area contributed by atoms with Crippen molar-refractivity contribution in [3.63, 3.8) is 0 Å². The molecular formula is C9H13F2N3. The highest BCUT2D eigenvalue weighted by Crippen LogP contribution is 2.31. The summed E-state index contributed by atoms with van der Waals surface area (Å²) in [6.45, 7) is 0. The molecule has 78 valence electrons. The van der Waals surface area contributed by atoms with Crippen LogP contribution in [0.5, 0.6) is 0 Å². The van der Waals surface area contributed by atoms with Gasteiger partial charge in [-0.2, -0.15) is 5.10 Å². The van der Waals surface area contributed by atoms with Crippen molar-refractivity contribution in [2.24, 2.45) is 0 Å². The van der Waals surface area contributed by atoms with Gasteiger partial charge in [0.25, 0.3) is 6.43 Å². The monoisotopic (exact) mass is 201 g/mol. The Morgan fingerprint density at radius 1 is 1.21 bits per heavy atom. The summed E-state index contributed by atoms with van der Waals surface area (Å²) in [7, 11) is 0. The highest BCUT2D eigenvalue weighted by molar-refractivity contribution is 4.99. The van der Waals surface area contributed by atoms with Crippen LogP contribution in [0.3, 0.4) is 0 Å². The Morgan fingerprint density at radius 3 is 2.50 bits per heavy atom. The zero-order chi connectivity index (χ0) is 9.97. The van der Waals surface area contributed by atoms with E-state index < -0.39 is 6.43 Å². The minimum absolute atomic E-state index is 0.309. The van der Waals surface area contributed by atoms with Gasteiger partial charge in [-0.1, -0.05) is 19.3 Å². The number of H-pyrrole nitrogens is 1. The lowest BCUT2D eigenvalue weighted by atomic mass is 9.89. The van der Waals surface area contributed by atoms with Crippen LogP contribution in [-0.2, 0) is 0 Å². The zero-order valence-electron chi connectivity index (χ0n) is 7.84. The molecule has 1 heterocycles. The summed E-state index contributed by atoms with van der Waals surface area (Å²) in [4.78, 5) is 3.82. The number of hydrogen-bond donors (Lipinski definition) is 1. The predicted octanol–water partition coefficient (Wildman–Crippen LogP) is 2.79. The van der Waals surface area contributed by atoms with Crippen LogP contribution in [0.2, 0.25) is 0 Å². The van der Waals surface area contributed by atoms with E-state index in [1.54, 1.807) is 0 Å². The predicted molar refractivity (Wildman–Crippen MR) is 47.2 cm³/mol. The first-order valence-electron chi connectivity index (χ1n) is 4.97. The molecule has 0 radical (unpaired) electrons. The molecule has 0 unspecified atom stereocenters. The van der Waals surface area contributed by atoms with Gasteiger partial charge in [0, 0.05) is 5.92 Å². The van der Waals surface area contributed by atoms with Crippen LogP contribution in [0.4, 0.5) is 8.78 Å². The molecule has 1 fully saturated rings. The number of aromatic nitrogens is 3. The first kappa shape index (κ1) is 9.55. The summed E-state index contributed by atoms with van der Waals surface area (Å²) in [5.41, 5.74) is 0. The van der Waals surface area contributed by atoms with Crippen LogP contribution in [0, 0.1) is 0 Å². The first-order valence-corrected chi connectivity index (χ1v) is 4.97. The summed E-state index contributed by atoms with van der Waals surface area (Å²) in [5.74, 6) is 0.578. The molecule has 1 aliphatic carbocycles. The number of alkyl halides is 2. The highest BCUT2D eigenvalue weighted by Gasteiger charge is 2.21. The van der Waals surface area contributed by atoms with Gasteiger partial charge in [-0.15, -0.1) is 0 Å². The van der Waals surface area contributed by atoms with Crippen molar-refractivity contribution in [2.45, 2.75) is 44.4 Å². The maximum Gasteiger partial charge on any atom is 0.299 e. The summed E-state index contributed by atoms with van der Waals surface area (Å²) in [6, 6.07) is 0. The second kappa shape index (κ2) is 4.02. The summed E-state index contributed by atoms with van der Waals surface area (Å²) < 4.78 is 24.4. The standard InChI is InChI=1S/C9H13F2N3/c10-7(11)9-12-8(13-14-9)6-4-2-1-3-5-6/h6-7H,1-5H2,(H,12,13,14). The van der Waals surface area contributed by atoms with Gasteiger partial charge >= 0.3 is 0 Å². The molecule has 1 N–H and O–H groups in total. The van der Waals surface area contributed by atoms with E-state index in [9.17, 15) is 8.78 Å². The van der Waals surface area contributed by atoms with Crippen LogP contribution < -0.4 is 0 Å². The maximum absolute atomic E-state index is 12.2. The Bertz CT molecular complexity index is 292. The van der Waals surface area contributed by atoms with Gasteiger partial charge in [0.05, 0.1) is 0 Å². The van der Waals surface area contributed by atoms with Gasteiger partial charge in [-0.25, -0.2) is 13.8 Å². The van der Waals surface area contributed by atoms with Crippen molar-refractivity contribution in [1.29, 1.82) is 0 Å². The van der Waals surface area contributed by atoms with Crippen LogP contribution in [0.25, 0.3) is 0 Å². The third-order valence-corrected chi connectivity index (χ3v) is 2.71. The van der Waals surface area contributed by atoms with Crippen LogP contribution in [0.15, 0.2) is 0 Å². The van der Waals surface area contributed by atoms with E-state index in [0.29, 0.717) is 11.7 Å². The van der Waals surface area contributed by atoms with Gasteiger partial charge in [0.15, 0.2) is 0 Å². The highest BCUT2D eigenvalue weighted by atomic mass is 19.3. The minimum atomic E-state index is -2.57. The fourth-order valence-corrected chi connectivity index (χ4v) is 1.94. The molecule has 0 saturated heterocycles. The Hall–Kier alpha value is -1.00. The number of aromatic amines is 1. The molecule has 0 atom stereocenters. The second-order valence-corrected chi connectivity index (χ2v) is 3.71. The lowest BCUT2D eigenvalue weighted by Crippen LogP contribution is -2.06. The Morgan fingerprint density at radius 2 is 1.93 bits per heavy atom. The summed E-state index contributed by atoms with van der Waals surface area (Å²) in [6.07, 6.45) is 3.08. The normalized spacial score (nSPS) is 19.1. The van der Waals surface area contributed by atoms with Crippen molar-refractivity contribution >= 4 is 0 Å². The number of halogens is 2. The smallest absolute Gasteiger partial charge is 0.263 e. The Labute approximate surface area is 80.9 Å². The van der Waals surface area contributed by atoms with E-state index in [1.165, 1.54) is 6.42 Å². The van der Waals surface area contributed by atoms with Gasteiger partial charge in [-0.3, -0.25) is 5.10 Å². The van der Waals surface area contributed by atoms with Crippen molar-refractivity contribution < 1.29 is 8.78 Å². The van der Waals surface area contributed by atoms with E-state index in [1.807, 2.05) is 0 Å². The van der Waals surface area contributed by atoms with Crippen molar-refractivity contribution in [3.05, 3.63) is 11.6 Å². The molecule has 5 heteroatoms. The number of nitrogens with one attached hydrogen (secondary N) is 1. The van der Waals surface area contributed by atoms with Crippen molar-refractivity contribution in [3.8, 4) is 0 Å². The molecule has 0 aromatic carbocycles. The molecule has 3 nitrogen and oxygen atoms in total. The van der Waals surface area contributed by atoms with E-state index >= 15 is 0 Å². The molecule has 14 heavy (non-hydrogen) atoms. The molecule has 2 rings (SSSR count). The fourth-order valence-electron chi connectivity index (χ4n) is 1.94. The third kappa shape index (κ3) is 1.91. The second-order valence-electron chi connectivity index (χ2n) is 3.71.